The summed E-state index contributed by atoms with van der Waals surface area (Å²) in [6.07, 6.45) is -3.24. The molecule has 1 radical (unpaired) electrons. The highest BCUT2D eigenvalue weighted by molar-refractivity contribution is 5.35. The molecule has 0 bridgehead atoms. The molecule has 0 amide bonds. The van der Waals surface area contributed by atoms with E-state index in [1.807, 2.05) is 0 Å². The minimum absolute atomic E-state index is 0.284. The third-order valence-electron chi connectivity index (χ3n) is 2.21. The second-order valence-corrected chi connectivity index (χ2v) is 3.60. The molecule has 18 heavy (non-hydrogen) atoms. The van der Waals surface area contributed by atoms with Crippen LogP contribution in [0.5, 0.6) is 11.6 Å². The van der Waals surface area contributed by atoms with Gasteiger partial charge in [-0.1, -0.05) is 12.1 Å². The van der Waals surface area contributed by atoms with Crippen molar-refractivity contribution in [1.82, 2.24) is 4.98 Å². The molecule has 1 heterocycles. The molecule has 2 nitrogen and oxygen atoms in total. The summed E-state index contributed by atoms with van der Waals surface area (Å²) in [7, 11) is 0. The van der Waals surface area contributed by atoms with Crippen LogP contribution >= 0.6 is 0 Å². The largest absolute Gasteiger partial charge is 0.438 e. The number of benzene rings is 1. The van der Waals surface area contributed by atoms with Gasteiger partial charge in [-0.3, -0.25) is 0 Å². The molecule has 1 aromatic carbocycles. The summed E-state index contributed by atoms with van der Waals surface area (Å²) in [6, 6.07) is 8.51. The van der Waals surface area contributed by atoms with Crippen molar-refractivity contribution in [3.05, 3.63) is 60.6 Å². The van der Waals surface area contributed by atoms with Gasteiger partial charge in [0.1, 0.15) is 11.3 Å². The van der Waals surface area contributed by atoms with Gasteiger partial charge in [0.05, 0.1) is 0 Å². The number of pyridine rings is 1. The highest BCUT2D eigenvalue weighted by atomic mass is 19.4. The lowest BCUT2D eigenvalue weighted by atomic mass is 10.2. The maximum atomic E-state index is 12.7. The Bertz CT molecular complexity index is 535. The summed E-state index contributed by atoms with van der Waals surface area (Å²) in [5.41, 5.74) is -0.150. The fourth-order valence-electron chi connectivity index (χ4n) is 1.36. The topological polar surface area (TPSA) is 22.1 Å². The lowest BCUT2D eigenvalue weighted by molar-refractivity contribution is -0.138. The molecule has 0 spiro atoms. The first-order chi connectivity index (χ1) is 8.47. The highest BCUT2D eigenvalue weighted by Gasteiger charge is 2.35. The molecule has 2 aromatic rings. The van der Waals surface area contributed by atoms with E-state index < -0.39 is 17.6 Å². The van der Waals surface area contributed by atoms with Gasteiger partial charge in [0.25, 0.3) is 0 Å². The van der Waals surface area contributed by atoms with E-state index in [4.69, 9.17) is 4.74 Å². The summed E-state index contributed by atoms with van der Waals surface area (Å²) in [5, 5.41) is 0. The predicted octanol–water partition coefficient (Wildman–Crippen LogP) is 4.07. The van der Waals surface area contributed by atoms with Crippen molar-refractivity contribution in [2.24, 2.45) is 0 Å². The Hall–Kier alpha value is -2.04. The highest BCUT2D eigenvalue weighted by Crippen LogP contribution is 2.36. The van der Waals surface area contributed by atoms with Crippen LogP contribution in [0.2, 0.25) is 0 Å². The van der Waals surface area contributed by atoms with E-state index in [-0.39, 0.29) is 5.75 Å². The molecule has 2 rings (SSSR count). The maximum absolute atomic E-state index is 12.7. The van der Waals surface area contributed by atoms with Crippen molar-refractivity contribution < 1.29 is 17.9 Å². The molecule has 0 aliphatic carbocycles. The van der Waals surface area contributed by atoms with Gasteiger partial charge in [-0.25, -0.2) is 4.98 Å². The first kappa shape index (κ1) is 12.4. The number of rotatable bonds is 2. The van der Waals surface area contributed by atoms with Gasteiger partial charge in [-0.15, -0.1) is 0 Å². The van der Waals surface area contributed by atoms with E-state index in [2.05, 4.69) is 11.9 Å². The molecule has 0 atom stereocenters. The Morgan fingerprint density at radius 3 is 2.33 bits per heavy atom. The van der Waals surface area contributed by atoms with Crippen LogP contribution < -0.4 is 4.74 Å². The number of nitrogens with zero attached hydrogens (tertiary/aromatic N) is 1. The molecule has 0 N–H and O–H groups in total. The van der Waals surface area contributed by atoms with Crippen molar-refractivity contribution in [3.63, 3.8) is 0 Å². The van der Waals surface area contributed by atoms with E-state index in [1.54, 1.807) is 12.1 Å². The van der Waals surface area contributed by atoms with Gasteiger partial charge in [0.2, 0.25) is 5.88 Å². The van der Waals surface area contributed by atoms with Crippen molar-refractivity contribution >= 4 is 0 Å². The molecular weight excluding hydrogens is 243 g/mol. The number of hydrogen-bond donors (Lipinski definition) is 0. The fraction of sp³-hybridized carbons (Fsp3) is 0.0769. The Morgan fingerprint density at radius 1 is 1.06 bits per heavy atom. The summed E-state index contributed by atoms with van der Waals surface area (Å²) < 4.78 is 43.2. The third kappa shape index (κ3) is 2.80. The van der Waals surface area contributed by atoms with Crippen molar-refractivity contribution in [1.29, 1.82) is 0 Å². The van der Waals surface area contributed by atoms with E-state index in [1.165, 1.54) is 24.4 Å². The van der Waals surface area contributed by atoms with Gasteiger partial charge in [0, 0.05) is 6.20 Å². The lowest BCUT2D eigenvalue weighted by Crippen LogP contribution is -2.08. The van der Waals surface area contributed by atoms with Crippen LogP contribution in [0.25, 0.3) is 0 Å². The van der Waals surface area contributed by atoms with Crippen LogP contribution in [0.4, 0.5) is 13.2 Å². The van der Waals surface area contributed by atoms with E-state index >= 15 is 0 Å². The summed E-state index contributed by atoms with van der Waals surface area (Å²) in [6.45, 7) is 3.67. The molecule has 5 heteroatoms. The molecular formula is C13H9F3NO. The molecule has 0 fully saturated rings. The average molecular weight is 252 g/mol. The first-order valence-electron chi connectivity index (χ1n) is 5.09. The molecule has 0 aliphatic heterocycles. The van der Waals surface area contributed by atoms with E-state index in [9.17, 15) is 13.2 Å². The number of ether oxygens (including phenoxy) is 1. The molecule has 0 aliphatic rings. The van der Waals surface area contributed by atoms with Crippen LogP contribution in [0.15, 0.2) is 42.6 Å². The van der Waals surface area contributed by atoms with Crippen molar-refractivity contribution in [2.75, 3.05) is 0 Å². The van der Waals surface area contributed by atoms with E-state index in [0.717, 1.165) is 11.6 Å². The Balaban J connectivity index is 2.32. The zero-order valence-corrected chi connectivity index (χ0v) is 9.24. The normalized spacial score (nSPS) is 11.3. The minimum Gasteiger partial charge on any atom is -0.438 e. The smallest absolute Gasteiger partial charge is 0.421 e. The number of alkyl halides is 3. The maximum Gasteiger partial charge on any atom is 0.421 e. The first-order valence-corrected chi connectivity index (χ1v) is 5.09. The van der Waals surface area contributed by atoms with Crippen LogP contribution in [-0.2, 0) is 6.18 Å². The van der Waals surface area contributed by atoms with Gasteiger partial charge >= 0.3 is 6.18 Å². The summed E-state index contributed by atoms with van der Waals surface area (Å²) >= 11 is 0. The standard InChI is InChI=1S/C13H9F3NO/c1-9-4-6-10(7-5-9)18-12-11(13(14,15)16)3-2-8-17-12/h2-8H,1H2. The molecule has 0 saturated carbocycles. The third-order valence-corrected chi connectivity index (χ3v) is 2.21. The van der Waals surface area contributed by atoms with Crippen LogP contribution in [0, 0.1) is 6.92 Å². The van der Waals surface area contributed by atoms with Crippen molar-refractivity contribution in [2.45, 2.75) is 6.18 Å². The predicted molar refractivity (Wildman–Crippen MR) is 60.2 cm³/mol. The summed E-state index contributed by atoms with van der Waals surface area (Å²) in [5.74, 6) is -0.173. The molecule has 0 unspecified atom stereocenters. The number of hydrogen-bond acceptors (Lipinski definition) is 2. The average Bonchev–Trinajstić information content (AvgIpc) is 2.31. The lowest BCUT2D eigenvalue weighted by Gasteiger charge is -2.12. The monoisotopic (exact) mass is 252 g/mol. The van der Waals surface area contributed by atoms with Crippen LogP contribution in [0.1, 0.15) is 11.1 Å². The second kappa shape index (κ2) is 4.68. The summed E-state index contributed by atoms with van der Waals surface area (Å²) in [4.78, 5) is 3.61. The Kier molecular flexibility index (Phi) is 3.23. The minimum atomic E-state index is -4.49. The van der Waals surface area contributed by atoms with Crippen LogP contribution in [-0.4, -0.2) is 4.98 Å². The Labute approximate surface area is 102 Å². The zero-order chi connectivity index (χ0) is 13.2. The van der Waals surface area contributed by atoms with Gasteiger partial charge in [-0.05, 0) is 36.8 Å². The van der Waals surface area contributed by atoms with Crippen LogP contribution in [0.3, 0.4) is 0 Å². The second-order valence-electron chi connectivity index (χ2n) is 3.60. The Morgan fingerprint density at radius 2 is 1.72 bits per heavy atom. The number of halogens is 3. The van der Waals surface area contributed by atoms with E-state index in [0.29, 0.717) is 0 Å². The quantitative estimate of drug-likeness (QED) is 0.803. The SMILES string of the molecule is [CH2]c1ccc(Oc2ncccc2C(F)(F)F)cc1. The number of aromatic nitrogens is 1. The zero-order valence-electron chi connectivity index (χ0n) is 9.24. The van der Waals surface area contributed by atoms with Gasteiger partial charge < -0.3 is 4.74 Å². The molecule has 1 aromatic heterocycles. The van der Waals surface area contributed by atoms with Gasteiger partial charge in [-0.2, -0.15) is 13.2 Å². The van der Waals surface area contributed by atoms with Crippen molar-refractivity contribution in [3.8, 4) is 11.6 Å². The fourth-order valence-corrected chi connectivity index (χ4v) is 1.36. The molecule has 93 valence electrons. The molecule has 0 saturated heterocycles. The van der Waals surface area contributed by atoms with Gasteiger partial charge in [0.15, 0.2) is 0 Å².